The van der Waals surface area contributed by atoms with E-state index in [0.717, 1.165) is 27.2 Å². The van der Waals surface area contributed by atoms with E-state index in [4.69, 9.17) is 14.9 Å². The van der Waals surface area contributed by atoms with Gasteiger partial charge in [0.1, 0.15) is 11.3 Å². The molecule has 3 N–H and O–H groups in total. The van der Waals surface area contributed by atoms with Gasteiger partial charge in [0.15, 0.2) is 10.7 Å². The van der Waals surface area contributed by atoms with Gasteiger partial charge >= 0.3 is 6.01 Å². The molecule has 6 nitrogen and oxygen atoms in total. The number of aromatic nitrogens is 2. The second kappa shape index (κ2) is 4.88. The number of oxazole rings is 1. The fourth-order valence-corrected chi connectivity index (χ4v) is 3.08. The van der Waals surface area contributed by atoms with Gasteiger partial charge in [-0.15, -0.1) is 0 Å². The number of hydrogen-bond donors (Lipinski definition) is 2. The Hall–Kier alpha value is -2.80. The minimum Gasteiger partial charge on any atom is -0.497 e. The summed E-state index contributed by atoms with van der Waals surface area (Å²) in [5, 5.41) is 3.80. The highest BCUT2D eigenvalue weighted by molar-refractivity contribution is 7.22. The minimum atomic E-state index is 0.398. The largest absolute Gasteiger partial charge is 0.497 e. The maximum Gasteiger partial charge on any atom is 0.302 e. The third kappa shape index (κ3) is 2.21. The summed E-state index contributed by atoms with van der Waals surface area (Å²) in [4.78, 5) is 8.87. The van der Waals surface area contributed by atoms with Crippen molar-refractivity contribution in [1.82, 2.24) is 9.97 Å². The molecule has 0 amide bonds. The maximum atomic E-state index is 5.78. The van der Waals surface area contributed by atoms with Gasteiger partial charge in [0.25, 0.3) is 0 Å². The number of fused-ring (bicyclic) bond motifs is 2. The minimum absolute atomic E-state index is 0.398. The quantitative estimate of drug-likeness (QED) is 0.560. The van der Waals surface area contributed by atoms with Crippen molar-refractivity contribution < 1.29 is 9.15 Å². The number of rotatable bonds is 3. The van der Waals surface area contributed by atoms with E-state index in [9.17, 15) is 0 Å². The van der Waals surface area contributed by atoms with Gasteiger partial charge in [-0.1, -0.05) is 11.3 Å². The van der Waals surface area contributed by atoms with Gasteiger partial charge in [-0.05, 0) is 30.3 Å². The molecule has 110 valence electrons. The third-order valence-corrected chi connectivity index (χ3v) is 4.15. The Labute approximate surface area is 129 Å². The standard InChI is InChI=1S/C15H12N4O2S/c1-20-9-3-5-12-11(7-9)17-14(21-12)19-15-18-10-4-2-8(16)6-13(10)22-15/h2-7H,16H2,1H3,(H,17,18,19). The maximum absolute atomic E-state index is 5.78. The topological polar surface area (TPSA) is 86.2 Å². The number of nitrogen functional groups attached to an aromatic ring is 1. The molecule has 0 saturated carbocycles. The average Bonchev–Trinajstić information content (AvgIpc) is 3.08. The summed E-state index contributed by atoms with van der Waals surface area (Å²) in [6.45, 7) is 0. The molecule has 0 atom stereocenters. The number of nitrogens with one attached hydrogen (secondary N) is 1. The Kier molecular flexibility index (Phi) is 2.87. The average molecular weight is 312 g/mol. The molecule has 2 aromatic carbocycles. The zero-order chi connectivity index (χ0) is 15.1. The van der Waals surface area contributed by atoms with Crippen LogP contribution in [0.5, 0.6) is 5.75 Å². The summed E-state index contributed by atoms with van der Waals surface area (Å²) in [7, 11) is 1.62. The molecular formula is C15H12N4O2S. The van der Waals surface area contributed by atoms with Crippen molar-refractivity contribution in [2.45, 2.75) is 0 Å². The van der Waals surface area contributed by atoms with Gasteiger partial charge in [0.2, 0.25) is 0 Å². The van der Waals surface area contributed by atoms with Crippen LogP contribution >= 0.6 is 11.3 Å². The molecule has 22 heavy (non-hydrogen) atoms. The SMILES string of the molecule is COc1ccc2oc(Nc3nc4ccc(N)cc4s3)nc2c1. The molecule has 0 unspecified atom stereocenters. The van der Waals surface area contributed by atoms with Crippen molar-refractivity contribution >= 4 is 49.5 Å². The molecule has 7 heteroatoms. The lowest BCUT2D eigenvalue weighted by Gasteiger charge is -1.95. The van der Waals surface area contributed by atoms with Crippen LogP contribution in [0.2, 0.25) is 0 Å². The Bertz CT molecular complexity index is 976. The van der Waals surface area contributed by atoms with Crippen LogP contribution in [0.4, 0.5) is 16.8 Å². The first-order chi connectivity index (χ1) is 10.7. The van der Waals surface area contributed by atoms with Crippen molar-refractivity contribution in [3.63, 3.8) is 0 Å². The molecule has 0 aliphatic rings. The molecule has 0 saturated heterocycles. The number of nitrogens with zero attached hydrogens (tertiary/aromatic N) is 2. The Morgan fingerprint density at radius 3 is 2.91 bits per heavy atom. The first-order valence-electron chi connectivity index (χ1n) is 6.59. The summed E-state index contributed by atoms with van der Waals surface area (Å²) < 4.78 is 11.8. The van der Waals surface area contributed by atoms with E-state index in [1.807, 2.05) is 36.4 Å². The molecule has 0 aliphatic heterocycles. The fraction of sp³-hybridized carbons (Fsp3) is 0.0667. The molecule has 0 radical (unpaired) electrons. The Morgan fingerprint density at radius 2 is 2.05 bits per heavy atom. The van der Waals surface area contributed by atoms with Gasteiger partial charge in [0, 0.05) is 11.8 Å². The Balaban J connectivity index is 1.69. The van der Waals surface area contributed by atoms with Gasteiger partial charge in [-0.2, -0.15) is 4.98 Å². The number of ether oxygens (including phenoxy) is 1. The van der Waals surface area contributed by atoms with Crippen LogP contribution in [0.1, 0.15) is 0 Å². The van der Waals surface area contributed by atoms with Crippen molar-refractivity contribution in [2.24, 2.45) is 0 Å². The van der Waals surface area contributed by atoms with E-state index in [-0.39, 0.29) is 0 Å². The number of hydrogen-bond acceptors (Lipinski definition) is 7. The van der Waals surface area contributed by atoms with Crippen molar-refractivity contribution in [3.05, 3.63) is 36.4 Å². The van der Waals surface area contributed by atoms with E-state index in [1.54, 1.807) is 7.11 Å². The van der Waals surface area contributed by atoms with E-state index < -0.39 is 0 Å². The highest BCUT2D eigenvalue weighted by atomic mass is 32.1. The monoisotopic (exact) mass is 312 g/mol. The number of nitrogens with two attached hydrogens (primary N) is 1. The van der Waals surface area contributed by atoms with Crippen LogP contribution in [0.3, 0.4) is 0 Å². The van der Waals surface area contributed by atoms with Gasteiger partial charge in [-0.25, -0.2) is 4.98 Å². The highest BCUT2D eigenvalue weighted by Crippen LogP contribution is 2.31. The first-order valence-corrected chi connectivity index (χ1v) is 7.40. The predicted molar refractivity (Wildman–Crippen MR) is 87.9 cm³/mol. The third-order valence-electron chi connectivity index (χ3n) is 3.22. The normalized spacial score (nSPS) is 11.1. The molecule has 0 spiro atoms. The first kappa shape index (κ1) is 12.9. The number of thiazole rings is 1. The lowest BCUT2D eigenvalue weighted by atomic mass is 10.3. The molecule has 4 aromatic rings. The molecule has 0 aliphatic carbocycles. The predicted octanol–water partition coefficient (Wildman–Crippen LogP) is 3.77. The van der Waals surface area contributed by atoms with E-state index in [1.165, 1.54) is 11.3 Å². The zero-order valence-corrected chi connectivity index (χ0v) is 12.5. The smallest absolute Gasteiger partial charge is 0.302 e. The van der Waals surface area contributed by atoms with E-state index >= 15 is 0 Å². The lowest BCUT2D eigenvalue weighted by Crippen LogP contribution is -1.88. The van der Waals surface area contributed by atoms with Crippen LogP contribution in [0.25, 0.3) is 21.3 Å². The highest BCUT2D eigenvalue weighted by Gasteiger charge is 2.10. The second-order valence-electron chi connectivity index (χ2n) is 4.72. The summed E-state index contributed by atoms with van der Waals surface area (Å²) in [6.07, 6.45) is 0. The molecule has 4 rings (SSSR count). The summed E-state index contributed by atoms with van der Waals surface area (Å²) in [6, 6.07) is 11.5. The van der Waals surface area contributed by atoms with E-state index in [0.29, 0.717) is 16.7 Å². The number of anilines is 3. The van der Waals surface area contributed by atoms with Crippen LogP contribution in [0.15, 0.2) is 40.8 Å². The van der Waals surface area contributed by atoms with Gasteiger partial charge in [-0.3, -0.25) is 5.32 Å². The lowest BCUT2D eigenvalue weighted by molar-refractivity contribution is 0.415. The Morgan fingerprint density at radius 1 is 1.14 bits per heavy atom. The van der Waals surface area contributed by atoms with Crippen molar-refractivity contribution in [2.75, 3.05) is 18.2 Å². The second-order valence-corrected chi connectivity index (χ2v) is 5.75. The van der Waals surface area contributed by atoms with Gasteiger partial charge < -0.3 is 14.9 Å². The summed E-state index contributed by atoms with van der Waals surface area (Å²) in [5.74, 6) is 0.739. The van der Waals surface area contributed by atoms with Crippen molar-refractivity contribution in [1.29, 1.82) is 0 Å². The molecule has 2 aromatic heterocycles. The van der Waals surface area contributed by atoms with Crippen LogP contribution < -0.4 is 15.8 Å². The van der Waals surface area contributed by atoms with Crippen LogP contribution in [-0.2, 0) is 0 Å². The zero-order valence-electron chi connectivity index (χ0n) is 11.7. The number of methoxy groups -OCH3 is 1. The fourth-order valence-electron chi connectivity index (χ4n) is 2.17. The van der Waals surface area contributed by atoms with Crippen LogP contribution in [0, 0.1) is 0 Å². The number of benzene rings is 2. The molecule has 0 fully saturated rings. The van der Waals surface area contributed by atoms with E-state index in [2.05, 4.69) is 15.3 Å². The molecule has 0 bridgehead atoms. The summed E-state index contributed by atoms with van der Waals surface area (Å²) in [5.41, 5.74) is 8.80. The molecular weight excluding hydrogens is 300 g/mol. The van der Waals surface area contributed by atoms with Crippen LogP contribution in [-0.4, -0.2) is 17.1 Å². The van der Waals surface area contributed by atoms with Crippen molar-refractivity contribution in [3.8, 4) is 5.75 Å². The molecule has 2 heterocycles. The summed E-state index contributed by atoms with van der Waals surface area (Å²) >= 11 is 1.50. The van der Waals surface area contributed by atoms with Gasteiger partial charge in [0.05, 0.1) is 17.3 Å².